The molecule has 0 atom stereocenters. The van der Waals surface area contributed by atoms with Crippen LogP contribution in [0.4, 0.5) is 32.0 Å². The lowest BCUT2D eigenvalue weighted by Gasteiger charge is -2.34. The zero-order chi connectivity index (χ0) is 37.0. The molecule has 5 aromatic carbocycles. The number of halogens is 6. The van der Waals surface area contributed by atoms with E-state index in [1.54, 1.807) is 72.8 Å². The summed E-state index contributed by atoms with van der Waals surface area (Å²) in [5, 5.41) is 10.9. The molecule has 1 aliphatic carbocycles. The fourth-order valence-electron chi connectivity index (χ4n) is 6.16. The third kappa shape index (κ3) is 6.86. The van der Waals surface area contributed by atoms with E-state index in [4.69, 9.17) is 0 Å². The first kappa shape index (κ1) is 35.1. The van der Waals surface area contributed by atoms with E-state index in [1.807, 2.05) is 18.2 Å². The van der Waals surface area contributed by atoms with Crippen molar-refractivity contribution in [3.63, 3.8) is 0 Å². The highest BCUT2D eigenvalue weighted by Crippen LogP contribution is 2.56. The first-order chi connectivity index (χ1) is 25.0. The van der Waals surface area contributed by atoms with Crippen LogP contribution in [0, 0.1) is 10.1 Å². The molecule has 260 valence electrons. The molecule has 0 fully saturated rings. The number of carbonyl (C=O) groups is 1. The highest BCUT2D eigenvalue weighted by Gasteiger charge is 2.46. The maximum absolute atomic E-state index is 13.6. The molecule has 12 heteroatoms. The quantitative estimate of drug-likeness (QED) is 0.0254. The van der Waals surface area contributed by atoms with Gasteiger partial charge in [-0.05, 0) is 87.5 Å². The number of carbonyl (C=O) groups excluding carboxylic acids is 1. The van der Waals surface area contributed by atoms with E-state index in [-0.39, 0.29) is 23.0 Å². The Hall–Kier alpha value is -6.69. The molecule has 0 spiro atoms. The topological polar surface area (TPSA) is 78.7 Å². The number of allylic oxidation sites excluding steroid dienone is 3. The van der Waals surface area contributed by atoms with Crippen LogP contribution in [-0.2, 0) is 5.41 Å². The number of ether oxygens (including phenoxy) is 2. The highest BCUT2D eigenvalue weighted by atomic mass is 19.3. The van der Waals surface area contributed by atoms with Gasteiger partial charge in [0.2, 0.25) is 0 Å². The van der Waals surface area contributed by atoms with Crippen molar-refractivity contribution in [2.45, 2.75) is 5.41 Å². The molecule has 0 bridgehead atoms. The van der Waals surface area contributed by atoms with Gasteiger partial charge in [-0.1, -0.05) is 78.9 Å². The molecule has 0 unspecified atom stereocenters. The first-order valence-electron chi connectivity index (χ1n) is 15.4. The van der Waals surface area contributed by atoms with Gasteiger partial charge in [-0.25, -0.2) is 0 Å². The van der Waals surface area contributed by atoms with Crippen LogP contribution >= 0.6 is 0 Å². The van der Waals surface area contributed by atoms with Gasteiger partial charge in [-0.15, -0.1) is 0 Å². The SMILES string of the molecule is O=C(C=CC=Cc1ccc([N+](=O)[O-])cc1)c1ccc2c(c1)C(c1ccc(OC(F)=C(F)F)cc1)(c1ccc(OC(F)=C(F)F)cc1)c1ccccc1-2. The minimum Gasteiger partial charge on any atom is -0.428 e. The largest absolute Gasteiger partial charge is 0.428 e. The molecule has 5 aromatic rings. The number of benzene rings is 5. The summed E-state index contributed by atoms with van der Waals surface area (Å²) in [5.41, 5.74) is 3.68. The van der Waals surface area contributed by atoms with Crippen molar-refractivity contribution in [3.8, 4) is 22.6 Å². The number of nitro benzene ring substituents is 1. The summed E-state index contributed by atoms with van der Waals surface area (Å²) in [6, 6.07) is 25.7. The lowest BCUT2D eigenvalue weighted by Crippen LogP contribution is -2.28. The fraction of sp³-hybridized carbons (Fsp3) is 0.0250. The van der Waals surface area contributed by atoms with Crippen LogP contribution in [0.5, 0.6) is 11.5 Å². The molecule has 6 rings (SSSR count). The van der Waals surface area contributed by atoms with E-state index in [1.165, 1.54) is 48.6 Å². The van der Waals surface area contributed by atoms with Crippen LogP contribution in [0.2, 0.25) is 0 Å². The van der Waals surface area contributed by atoms with Crippen LogP contribution < -0.4 is 9.47 Å². The number of nitrogens with zero attached hydrogens (tertiary/aromatic N) is 1. The Balaban J connectivity index is 1.45. The molecule has 0 aliphatic heterocycles. The van der Waals surface area contributed by atoms with Gasteiger partial charge < -0.3 is 9.47 Å². The highest BCUT2D eigenvalue weighted by molar-refractivity contribution is 6.06. The molecule has 6 nitrogen and oxygen atoms in total. The van der Waals surface area contributed by atoms with Crippen LogP contribution in [0.15, 0.2) is 158 Å². The van der Waals surface area contributed by atoms with Gasteiger partial charge in [0.25, 0.3) is 5.69 Å². The summed E-state index contributed by atoms with van der Waals surface area (Å²) in [5.74, 6) is -0.795. The van der Waals surface area contributed by atoms with Crippen LogP contribution in [0.25, 0.3) is 17.2 Å². The van der Waals surface area contributed by atoms with Crippen LogP contribution in [0.3, 0.4) is 0 Å². The molecule has 0 heterocycles. The zero-order valence-electron chi connectivity index (χ0n) is 26.5. The minimum absolute atomic E-state index is 0.0530. The van der Waals surface area contributed by atoms with Gasteiger partial charge in [0.15, 0.2) is 5.78 Å². The van der Waals surface area contributed by atoms with Gasteiger partial charge in [0.1, 0.15) is 11.5 Å². The summed E-state index contributed by atoms with van der Waals surface area (Å²) in [6.07, 6.45) is 0.898. The Morgan fingerprint density at radius 1 is 0.635 bits per heavy atom. The van der Waals surface area contributed by atoms with E-state index in [9.17, 15) is 41.3 Å². The van der Waals surface area contributed by atoms with Gasteiger partial charge in [-0.3, -0.25) is 14.9 Å². The lowest BCUT2D eigenvalue weighted by molar-refractivity contribution is -0.384. The van der Waals surface area contributed by atoms with Crippen molar-refractivity contribution in [2.75, 3.05) is 0 Å². The van der Waals surface area contributed by atoms with Crippen molar-refractivity contribution < 1.29 is 45.5 Å². The van der Waals surface area contributed by atoms with E-state index < -0.39 is 34.5 Å². The van der Waals surface area contributed by atoms with E-state index in [0.717, 1.165) is 16.7 Å². The first-order valence-corrected chi connectivity index (χ1v) is 15.4. The molecule has 0 saturated carbocycles. The second-order valence-electron chi connectivity index (χ2n) is 11.3. The van der Waals surface area contributed by atoms with Crippen LogP contribution in [0.1, 0.15) is 38.2 Å². The zero-order valence-corrected chi connectivity index (χ0v) is 26.5. The third-order valence-corrected chi connectivity index (χ3v) is 8.37. The Bertz CT molecular complexity index is 2220. The molecule has 0 radical (unpaired) electrons. The standard InChI is InChI=1S/C40H23F6NO5/c41-36(42)38(45)51-29-18-12-26(13-19-29)40(27-14-20-30(21-15-27)52-39(46)37(43)44)33-7-3-2-6-31(33)32-22-11-25(23-34(32)40)35(48)8-4-1-5-24-9-16-28(17-10-24)47(49)50/h1-23H. The summed E-state index contributed by atoms with van der Waals surface area (Å²) in [7, 11) is 0. The normalized spacial score (nSPS) is 12.7. The summed E-state index contributed by atoms with van der Waals surface area (Å²) in [4.78, 5) is 23.9. The summed E-state index contributed by atoms with van der Waals surface area (Å²) < 4.78 is 87.6. The number of rotatable bonds is 11. The smallest absolute Gasteiger partial charge is 0.344 e. The van der Waals surface area contributed by atoms with Crippen molar-refractivity contribution >= 4 is 17.5 Å². The van der Waals surface area contributed by atoms with E-state index >= 15 is 0 Å². The van der Waals surface area contributed by atoms with Crippen LogP contribution in [-0.4, -0.2) is 10.7 Å². The van der Waals surface area contributed by atoms with Gasteiger partial charge in [-0.2, -0.15) is 26.3 Å². The fourth-order valence-corrected chi connectivity index (χ4v) is 6.16. The maximum atomic E-state index is 13.6. The molecule has 0 N–H and O–H groups in total. The number of ketones is 1. The Kier molecular flexibility index (Phi) is 9.91. The number of hydrogen-bond donors (Lipinski definition) is 0. The molecule has 52 heavy (non-hydrogen) atoms. The van der Waals surface area contributed by atoms with Crippen molar-refractivity contribution in [1.82, 2.24) is 0 Å². The number of nitro groups is 1. The monoisotopic (exact) mass is 711 g/mol. The lowest BCUT2D eigenvalue weighted by atomic mass is 9.67. The Labute approximate surface area is 292 Å². The summed E-state index contributed by atoms with van der Waals surface area (Å²) >= 11 is 0. The second kappa shape index (κ2) is 14.7. The average molecular weight is 712 g/mol. The molecule has 0 amide bonds. The second-order valence-corrected chi connectivity index (χ2v) is 11.3. The molecular formula is C40H23F6NO5. The molecule has 0 saturated heterocycles. The van der Waals surface area contributed by atoms with Crippen molar-refractivity contribution in [3.05, 3.63) is 201 Å². The average Bonchev–Trinajstić information content (AvgIpc) is 3.44. The number of hydrogen-bond acceptors (Lipinski definition) is 5. The Morgan fingerprint density at radius 2 is 1.17 bits per heavy atom. The molecular weight excluding hydrogens is 688 g/mol. The summed E-state index contributed by atoms with van der Waals surface area (Å²) in [6.45, 7) is 0. The third-order valence-electron chi connectivity index (χ3n) is 8.37. The predicted octanol–water partition coefficient (Wildman–Crippen LogP) is 11.2. The molecule has 0 aromatic heterocycles. The van der Waals surface area contributed by atoms with E-state index in [2.05, 4.69) is 9.47 Å². The van der Waals surface area contributed by atoms with Crippen molar-refractivity contribution in [1.29, 1.82) is 0 Å². The minimum atomic E-state index is -2.63. The maximum Gasteiger partial charge on any atom is 0.344 e. The van der Waals surface area contributed by atoms with Crippen molar-refractivity contribution in [2.24, 2.45) is 0 Å². The van der Waals surface area contributed by atoms with Gasteiger partial charge in [0.05, 0.1) is 10.3 Å². The van der Waals surface area contributed by atoms with Gasteiger partial charge >= 0.3 is 24.2 Å². The number of fused-ring (bicyclic) bond motifs is 3. The van der Waals surface area contributed by atoms with Gasteiger partial charge in [0, 0.05) is 17.7 Å². The Morgan fingerprint density at radius 3 is 1.71 bits per heavy atom. The molecule has 1 aliphatic rings. The number of non-ortho nitro benzene ring substituents is 1. The van der Waals surface area contributed by atoms with E-state index in [0.29, 0.717) is 27.8 Å². The predicted molar refractivity (Wildman–Crippen MR) is 181 cm³/mol.